The number of ketones is 1. The van der Waals surface area contributed by atoms with E-state index in [1.54, 1.807) is 18.2 Å². The molecular weight excluding hydrogens is 897 g/mol. The topological polar surface area (TPSA) is 157 Å². The number of Topliss-reactive ketones (excluding diaryl/α,β-unsaturated/α-hetero) is 1. The van der Waals surface area contributed by atoms with Crippen molar-refractivity contribution < 1.29 is 46.8 Å². The summed E-state index contributed by atoms with van der Waals surface area (Å²) in [4.78, 5) is 66.5. The van der Waals surface area contributed by atoms with Gasteiger partial charge in [0.05, 0.1) is 48.6 Å². The van der Waals surface area contributed by atoms with Crippen molar-refractivity contribution in [2.24, 2.45) is 11.8 Å². The number of carbonyl (C=O) groups is 3. The second-order valence-electron chi connectivity index (χ2n) is 18.7. The monoisotopic (exact) mass is 954 g/mol. The number of benzene rings is 2. The molecule has 2 N–H and O–H groups in total. The van der Waals surface area contributed by atoms with Gasteiger partial charge >= 0.3 is 5.97 Å². The normalized spacial score (nSPS) is 25.4. The minimum absolute atomic E-state index is 0.0146. The number of rotatable bonds is 12. The van der Waals surface area contributed by atoms with Gasteiger partial charge in [0.2, 0.25) is 13.3 Å². The zero-order valence-corrected chi connectivity index (χ0v) is 39.6. The van der Waals surface area contributed by atoms with E-state index in [0.717, 1.165) is 63.5 Å². The SMILES string of the molecule is COc1ccc2c(O[C@@H]3CC4C(=O)C[C@]5(P(=O)(O)Cc6c(F)cccc6F)C[C@H]5CCCCCCC[C@H](CC(=O)OC5CCCC5)C(=O)N4C3)cc(-c3csc(NC(C)C)n3)nc2c1Cl. The number of nitrogens with zero attached hydrogens (tertiary/aromatic N) is 3. The molecule has 2 aliphatic heterocycles. The Morgan fingerprint density at radius 1 is 0.985 bits per heavy atom. The van der Waals surface area contributed by atoms with Crippen LogP contribution in [-0.2, 0) is 29.8 Å². The molecule has 4 heterocycles. The Bertz CT molecular complexity index is 2450. The summed E-state index contributed by atoms with van der Waals surface area (Å²) in [5.41, 5.74) is 0.973. The maximum absolute atomic E-state index is 15.0. The average molecular weight is 956 g/mol. The van der Waals surface area contributed by atoms with E-state index in [1.165, 1.54) is 29.4 Å². The van der Waals surface area contributed by atoms with Crippen LogP contribution in [0.25, 0.3) is 22.3 Å². The third-order valence-electron chi connectivity index (χ3n) is 13.7. The number of methoxy groups -OCH3 is 1. The van der Waals surface area contributed by atoms with Crippen LogP contribution in [0, 0.1) is 23.5 Å². The third kappa shape index (κ3) is 10.4. The number of hydrogen-bond acceptors (Lipinski definition) is 11. The van der Waals surface area contributed by atoms with Crippen molar-refractivity contribution in [1.82, 2.24) is 14.9 Å². The molecule has 4 fully saturated rings. The number of aromatic nitrogens is 2. The van der Waals surface area contributed by atoms with E-state index < -0.39 is 65.7 Å². The molecule has 2 saturated carbocycles. The van der Waals surface area contributed by atoms with Crippen LogP contribution in [0.2, 0.25) is 5.02 Å². The highest BCUT2D eigenvalue weighted by atomic mass is 35.5. The molecule has 2 saturated heterocycles. The summed E-state index contributed by atoms with van der Waals surface area (Å²) in [6.07, 6.45) is 6.64. The Morgan fingerprint density at radius 2 is 1.69 bits per heavy atom. The van der Waals surface area contributed by atoms with E-state index in [1.807, 2.05) is 19.2 Å². The fourth-order valence-electron chi connectivity index (χ4n) is 10.2. The van der Waals surface area contributed by atoms with Crippen molar-refractivity contribution in [3.05, 3.63) is 64.0 Å². The zero-order chi connectivity index (χ0) is 46.0. The number of halogens is 3. The van der Waals surface area contributed by atoms with E-state index in [0.29, 0.717) is 58.2 Å². The molecule has 12 nitrogen and oxygen atoms in total. The lowest BCUT2D eigenvalue weighted by atomic mass is 9.94. The number of nitrogens with one attached hydrogen (secondary N) is 1. The highest BCUT2D eigenvalue weighted by molar-refractivity contribution is 7.59. The molecule has 2 aromatic heterocycles. The average Bonchev–Trinajstić information content (AvgIpc) is 3.68. The van der Waals surface area contributed by atoms with Crippen LogP contribution in [0.4, 0.5) is 13.9 Å². The fraction of sp³-hybridized carbons (Fsp3) is 0.562. The van der Waals surface area contributed by atoms with Gasteiger partial charge in [-0.05, 0) is 89.0 Å². The molecule has 65 heavy (non-hydrogen) atoms. The highest BCUT2D eigenvalue weighted by Gasteiger charge is 2.66. The second-order valence-corrected chi connectivity index (χ2v) is 22.5. The van der Waals surface area contributed by atoms with Gasteiger partial charge in [-0.1, -0.05) is 49.8 Å². The van der Waals surface area contributed by atoms with E-state index in [-0.39, 0.29) is 61.2 Å². The first-order chi connectivity index (χ1) is 31.2. The van der Waals surface area contributed by atoms with Gasteiger partial charge in [-0.15, -0.1) is 11.3 Å². The Morgan fingerprint density at radius 3 is 2.42 bits per heavy atom. The van der Waals surface area contributed by atoms with Crippen LogP contribution in [0.3, 0.4) is 0 Å². The predicted octanol–water partition coefficient (Wildman–Crippen LogP) is 10.9. The molecule has 0 radical (unpaired) electrons. The van der Waals surface area contributed by atoms with Crippen LogP contribution in [0.15, 0.2) is 41.8 Å². The number of carbonyl (C=O) groups excluding carboxylic acids is 3. The maximum Gasteiger partial charge on any atom is 0.306 e. The molecule has 17 heteroatoms. The number of fused-ring (bicyclic) bond motifs is 3. The van der Waals surface area contributed by atoms with Gasteiger partial charge in [0, 0.05) is 47.2 Å². The summed E-state index contributed by atoms with van der Waals surface area (Å²) >= 11 is 8.31. The Labute approximate surface area is 387 Å². The largest absolute Gasteiger partial charge is 0.495 e. The van der Waals surface area contributed by atoms with E-state index in [9.17, 15) is 23.8 Å². The Hall–Kier alpha value is -4.17. The quantitative estimate of drug-likeness (QED) is 0.103. The number of thiazole rings is 1. The minimum Gasteiger partial charge on any atom is -0.495 e. The first-order valence-electron chi connectivity index (χ1n) is 23.0. The summed E-state index contributed by atoms with van der Waals surface area (Å²) in [6.45, 7) is 4.02. The van der Waals surface area contributed by atoms with Crippen LogP contribution < -0.4 is 14.8 Å². The van der Waals surface area contributed by atoms with E-state index in [4.69, 9.17) is 35.8 Å². The summed E-state index contributed by atoms with van der Waals surface area (Å²) in [7, 11) is -2.93. The maximum atomic E-state index is 15.0. The van der Waals surface area contributed by atoms with Crippen molar-refractivity contribution >= 4 is 64.0 Å². The van der Waals surface area contributed by atoms with Crippen molar-refractivity contribution in [3.63, 3.8) is 0 Å². The number of ether oxygens (including phenoxy) is 3. The Kier molecular flexibility index (Phi) is 14.5. The molecule has 4 aliphatic rings. The molecular formula is C48H58ClF2N4O8PS. The number of pyridine rings is 1. The summed E-state index contributed by atoms with van der Waals surface area (Å²) in [6, 6.07) is 7.64. The summed E-state index contributed by atoms with van der Waals surface area (Å²) < 4.78 is 62.8. The molecule has 1 amide bonds. The molecule has 2 aliphatic carbocycles. The molecule has 8 rings (SSSR count). The van der Waals surface area contributed by atoms with Crippen LogP contribution in [-0.4, -0.2) is 80.5 Å². The van der Waals surface area contributed by atoms with Crippen molar-refractivity contribution in [1.29, 1.82) is 0 Å². The lowest BCUT2D eigenvalue weighted by Gasteiger charge is -2.30. The molecule has 2 unspecified atom stereocenters. The van der Waals surface area contributed by atoms with Crippen LogP contribution in [0.5, 0.6) is 11.5 Å². The van der Waals surface area contributed by atoms with Crippen molar-refractivity contribution in [2.75, 3.05) is 19.0 Å². The van der Waals surface area contributed by atoms with Gasteiger partial charge in [-0.2, -0.15) is 0 Å². The lowest BCUT2D eigenvalue weighted by Crippen LogP contribution is -2.45. The van der Waals surface area contributed by atoms with E-state index >= 15 is 8.78 Å². The Balaban J connectivity index is 1.14. The van der Waals surface area contributed by atoms with Gasteiger partial charge in [-0.25, -0.2) is 18.7 Å². The number of anilines is 1. The third-order valence-corrected chi connectivity index (χ3v) is 17.7. The molecule has 0 bridgehead atoms. The number of amides is 1. The second kappa shape index (κ2) is 20.0. The van der Waals surface area contributed by atoms with Gasteiger partial charge in [0.25, 0.3) is 0 Å². The number of esters is 1. The minimum atomic E-state index is -4.44. The molecule has 350 valence electrons. The summed E-state index contributed by atoms with van der Waals surface area (Å²) in [5, 5.41) is 5.30. The number of hydrogen-bond donors (Lipinski definition) is 2. The molecule has 6 atom stereocenters. The van der Waals surface area contributed by atoms with Gasteiger partial charge in [0.1, 0.15) is 46.1 Å². The standard InChI is InChI=1S/C48H58ClF2N4O8PS/c1-28(2)52-47-54-38(27-65-47)37-22-42(33-18-19-41(61-3)44(49)45(33)53-37)62-32-21-39-40(56)24-48(64(59,60)26-34-35(50)16-11-17-36(34)51)23-30(48)13-8-6-4-5-7-12-29(46(58)55(39)25-32)20-43(57)63-31-14-9-10-15-31/h11,16-19,22,27-32,39H,4-10,12-15,20-21,23-26H2,1-3H3,(H,52,54)(H,59,60)/t29-,30-,32-,39?,48-/m1/s1. The van der Waals surface area contributed by atoms with Gasteiger partial charge in [-0.3, -0.25) is 18.9 Å². The highest BCUT2D eigenvalue weighted by Crippen LogP contribution is 2.75. The predicted molar refractivity (Wildman–Crippen MR) is 247 cm³/mol. The molecule has 2 aromatic carbocycles. The molecule has 4 aromatic rings. The van der Waals surface area contributed by atoms with Gasteiger partial charge in [0.15, 0.2) is 10.9 Å². The smallest absolute Gasteiger partial charge is 0.306 e. The van der Waals surface area contributed by atoms with Gasteiger partial charge < -0.3 is 29.3 Å². The zero-order valence-electron chi connectivity index (χ0n) is 37.2. The van der Waals surface area contributed by atoms with Crippen LogP contribution in [0.1, 0.15) is 116 Å². The first-order valence-corrected chi connectivity index (χ1v) is 26.1. The van der Waals surface area contributed by atoms with Crippen molar-refractivity contribution in [2.45, 2.75) is 146 Å². The molecule has 0 spiro atoms. The van der Waals surface area contributed by atoms with E-state index in [2.05, 4.69) is 5.32 Å². The lowest BCUT2D eigenvalue weighted by molar-refractivity contribution is -0.154. The van der Waals surface area contributed by atoms with Crippen molar-refractivity contribution in [3.8, 4) is 22.9 Å². The van der Waals surface area contributed by atoms with Crippen LogP contribution >= 0.6 is 30.3 Å². The first kappa shape index (κ1) is 47.3. The fourth-order valence-corrected chi connectivity index (χ4v) is 14.0. The summed E-state index contributed by atoms with van der Waals surface area (Å²) in [5.74, 6) is -3.39.